The number of rotatable bonds is 3. The summed E-state index contributed by atoms with van der Waals surface area (Å²) in [5, 5.41) is 17.6. The van der Waals surface area contributed by atoms with Crippen molar-refractivity contribution < 1.29 is 19.7 Å². The van der Waals surface area contributed by atoms with Crippen LogP contribution in [0.3, 0.4) is 0 Å². The van der Waals surface area contributed by atoms with Gasteiger partial charge in [-0.1, -0.05) is 0 Å². The lowest BCUT2D eigenvalue weighted by Gasteiger charge is -2.08. The molecule has 1 aliphatic rings. The molecule has 0 aliphatic carbocycles. The molecule has 0 aromatic carbocycles. The van der Waals surface area contributed by atoms with Crippen LogP contribution in [0.2, 0.25) is 0 Å². The average Bonchev–Trinajstić information content (AvgIpc) is 2.30. The van der Waals surface area contributed by atoms with Gasteiger partial charge in [0.15, 0.2) is 0 Å². The van der Waals surface area contributed by atoms with Gasteiger partial charge >= 0.3 is 5.97 Å². The fraction of sp³-hybridized carbons (Fsp3) is 0.625. The van der Waals surface area contributed by atoms with E-state index in [0.717, 1.165) is 0 Å². The van der Waals surface area contributed by atoms with E-state index < -0.39 is 5.97 Å². The van der Waals surface area contributed by atoms with E-state index in [2.05, 4.69) is 0 Å². The van der Waals surface area contributed by atoms with Crippen molar-refractivity contribution in [2.24, 2.45) is 0 Å². The normalized spacial score (nSPS) is 23.2. The van der Waals surface area contributed by atoms with E-state index in [1.165, 1.54) is 0 Å². The molecule has 1 atom stereocenters. The Labute approximate surface area is 70.5 Å². The first-order valence-corrected chi connectivity index (χ1v) is 3.88. The highest BCUT2D eigenvalue weighted by Gasteiger charge is 2.30. The summed E-state index contributed by atoms with van der Waals surface area (Å²) in [5.74, 6) is -0.937. The molecule has 0 radical (unpaired) electrons. The largest absolute Gasteiger partial charge is 0.502 e. The highest BCUT2D eigenvalue weighted by molar-refractivity contribution is 5.89. The summed E-state index contributed by atoms with van der Waals surface area (Å²) in [6.45, 7) is 1.73. The molecule has 1 aliphatic heterocycles. The number of aliphatic hydroxyl groups is 2. The van der Waals surface area contributed by atoms with Gasteiger partial charge in [0.1, 0.15) is 6.10 Å². The lowest BCUT2D eigenvalue weighted by atomic mass is 10.1. The SMILES string of the molecule is CC1=C(O)C(=O)O[C@@H]1CCCO. The number of aliphatic hydroxyl groups excluding tert-OH is 2. The lowest BCUT2D eigenvalue weighted by Crippen LogP contribution is -2.11. The van der Waals surface area contributed by atoms with E-state index in [1.54, 1.807) is 6.92 Å². The molecule has 12 heavy (non-hydrogen) atoms. The maximum absolute atomic E-state index is 10.8. The number of hydrogen-bond acceptors (Lipinski definition) is 4. The van der Waals surface area contributed by atoms with Gasteiger partial charge in [-0.25, -0.2) is 4.79 Å². The molecule has 0 saturated carbocycles. The first-order valence-electron chi connectivity index (χ1n) is 3.88. The molecule has 0 aromatic rings. The summed E-state index contributed by atoms with van der Waals surface area (Å²) in [5.41, 5.74) is 0.563. The van der Waals surface area contributed by atoms with Gasteiger partial charge in [0.2, 0.25) is 5.76 Å². The number of cyclic esters (lactones) is 1. The average molecular weight is 172 g/mol. The van der Waals surface area contributed by atoms with Gasteiger partial charge in [0.25, 0.3) is 0 Å². The fourth-order valence-electron chi connectivity index (χ4n) is 1.14. The first kappa shape index (κ1) is 9.06. The zero-order valence-corrected chi connectivity index (χ0v) is 6.91. The highest BCUT2D eigenvalue weighted by atomic mass is 16.6. The van der Waals surface area contributed by atoms with Gasteiger partial charge < -0.3 is 14.9 Å². The molecule has 4 heteroatoms. The number of esters is 1. The van der Waals surface area contributed by atoms with E-state index in [9.17, 15) is 4.79 Å². The summed E-state index contributed by atoms with van der Waals surface area (Å²) in [7, 11) is 0. The third kappa shape index (κ3) is 1.58. The van der Waals surface area contributed by atoms with Gasteiger partial charge in [-0.15, -0.1) is 0 Å². The number of carbonyl (C=O) groups excluding carboxylic acids is 1. The predicted octanol–water partition coefficient (Wildman–Crippen LogP) is 0.516. The Kier molecular flexibility index (Phi) is 2.70. The van der Waals surface area contributed by atoms with Crippen molar-refractivity contribution in [3.63, 3.8) is 0 Å². The van der Waals surface area contributed by atoms with Crippen LogP contribution in [0.1, 0.15) is 19.8 Å². The Hall–Kier alpha value is -1.03. The molecule has 0 unspecified atom stereocenters. The lowest BCUT2D eigenvalue weighted by molar-refractivity contribution is -0.142. The van der Waals surface area contributed by atoms with Crippen LogP contribution >= 0.6 is 0 Å². The predicted molar refractivity (Wildman–Crippen MR) is 41.5 cm³/mol. The van der Waals surface area contributed by atoms with Crippen LogP contribution in [0.25, 0.3) is 0 Å². The second kappa shape index (κ2) is 3.58. The molecule has 1 heterocycles. The second-order valence-electron chi connectivity index (χ2n) is 2.79. The molecule has 4 nitrogen and oxygen atoms in total. The first-order chi connectivity index (χ1) is 5.66. The highest BCUT2D eigenvalue weighted by Crippen LogP contribution is 2.23. The zero-order valence-electron chi connectivity index (χ0n) is 6.91. The van der Waals surface area contributed by atoms with Gasteiger partial charge in [0, 0.05) is 12.2 Å². The molecule has 0 saturated heterocycles. The number of ether oxygens (including phenoxy) is 1. The maximum atomic E-state index is 10.8. The number of carbonyl (C=O) groups is 1. The smallest absolute Gasteiger partial charge is 0.374 e. The van der Waals surface area contributed by atoms with Gasteiger partial charge in [0.05, 0.1) is 0 Å². The minimum absolute atomic E-state index is 0.0715. The van der Waals surface area contributed by atoms with Crippen molar-refractivity contribution in [1.82, 2.24) is 0 Å². The third-order valence-corrected chi connectivity index (χ3v) is 1.92. The molecular weight excluding hydrogens is 160 g/mol. The van der Waals surface area contributed by atoms with Crippen molar-refractivity contribution >= 4 is 5.97 Å². The third-order valence-electron chi connectivity index (χ3n) is 1.92. The van der Waals surface area contributed by atoms with E-state index in [-0.39, 0.29) is 18.5 Å². The van der Waals surface area contributed by atoms with E-state index >= 15 is 0 Å². The van der Waals surface area contributed by atoms with Crippen LogP contribution in [0.5, 0.6) is 0 Å². The summed E-state index contributed by atoms with van der Waals surface area (Å²) < 4.78 is 4.81. The van der Waals surface area contributed by atoms with Crippen molar-refractivity contribution in [3.05, 3.63) is 11.3 Å². The Morgan fingerprint density at radius 1 is 1.58 bits per heavy atom. The van der Waals surface area contributed by atoms with Crippen LogP contribution in [-0.4, -0.2) is 28.9 Å². The minimum atomic E-state index is -0.657. The molecule has 2 N–H and O–H groups in total. The molecule has 68 valence electrons. The van der Waals surface area contributed by atoms with Crippen LogP contribution in [0, 0.1) is 0 Å². The molecule has 1 rings (SSSR count). The van der Waals surface area contributed by atoms with Crippen LogP contribution in [-0.2, 0) is 9.53 Å². The Morgan fingerprint density at radius 3 is 2.67 bits per heavy atom. The maximum Gasteiger partial charge on any atom is 0.374 e. The van der Waals surface area contributed by atoms with Gasteiger partial charge in [-0.3, -0.25) is 0 Å². The van der Waals surface area contributed by atoms with Crippen molar-refractivity contribution in [3.8, 4) is 0 Å². The van der Waals surface area contributed by atoms with Gasteiger partial charge in [-0.2, -0.15) is 0 Å². The van der Waals surface area contributed by atoms with E-state index in [0.29, 0.717) is 18.4 Å². The summed E-state index contributed by atoms with van der Waals surface area (Å²) in [6.07, 6.45) is 0.797. The summed E-state index contributed by atoms with van der Waals surface area (Å²) >= 11 is 0. The number of hydrogen-bond donors (Lipinski definition) is 2. The molecule has 0 spiro atoms. The van der Waals surface area contributed by atoms with E-state index in [4.69, 9.17) is 14.9 Å². The van der Waals surface area contributed by atoms with Gasteiger partial charge in [-0.05, 0) is 19.8 Å². The molecule has 0 bridgehead atoms. The van der Waals surface area contributed by atoms with Crippen LogP contribution in [0.15, 0.2) is 11.3 Å². The topological polar surface area (TPSA) is 66.8 Å². The Balaban J connectivity index is 2.55. The summed E-state index contributed by atoms with van der Waals surface area (Å²) in [4.78, 5) is 10.8. The second-order valence-corrected chi connectivity index (χ2v) is 2.79. The molecule has 0 fully saturated rings. The molecule has 0 amide bonds. The molecular formula is C8H12O4. The summed E-state index contributed by atoms with van der Waals surface area (Å²) in [6, 6.07) is 0. The Morgan fingerprint density at radius 2 is 2.25 bits per heavy atom. The quantitative estimate of drug-likeness (QED) is 0.609. The minimum Gasteiger partial charge on any atom is -0.502 e. The van der Waals surface area contributed by atoms with Crippen molar-refractivity contribution in [2.75, 3.05) is 6.61 Å². The standard InChI is InChI=1S/C8H12O4/c1-5-6(3-2-4-9)12-8(11)7(5)10/h6,9-10H,2-4H2,1H3/t6-/m1/s1. The van der Waals surface area contributed by atoms with Crippen molar-refractivity contribution in [2.45, 2.75) is 25.9 Å². The molecule has 0 aromatic heterocycles. The van der Waals surface area contributed by atoms with Crippen LogP contribution in [0.4, 0.5) is 0 Å². The monoisotopic (exact) mass is 172 g/mol. The van der Waals surface area contributed by atoms with Crippen LogP contribution < -0.4 is 0 Å². The van der Waals surface area contributed by atoms with E-state index in [1.807, 2.05) is 0 Å². The zero-order chi connectivity index (χ0) is 9.14. The Bertz CT molecular complexity index is 219. The fourth-order valence-corrected chi connectivity index (χ4v) is 1.14. The van der Waals surface area contributed by atoms with Crippen molar-refractivity contribution in [1.29, 1.82) is 0 Å².